The highest BCUT2D eigenvalue weighted by atomic mass is 35.5. The minimum atomic E-state index is -0.608. The molecule has 1 aliphatic rings. The van der Waals surface area contributed by atoms with Crippen LogP contribution in [0, 0.1) is 18.7 Å². The number of carbonyl (C=O) groups is 1. The first-order valence-electron chi connectivity index (χ1n) is 11.5. The van der Waals surface area contributed by atoms with Crippen LogP contribution in [0.5, 0.6) is 0 Å². The van der Waals surface area contributed by atoms with E-state index < -0.39 is 11.4 Å². The van der Waals surface area contributed by atoms with Crippen molar-refractivity contribution >= 4 is 40.9 Å². The van der Waals surface area contributed by atoms with E-state index in [4.69, 9.17) is 27.9 Å². The first-order valence-corrected chi connectivity index (χ1v) is 12.3. The van der Waals surface area contributed by atoms with E-state index in [9.17, 15) is 9.18 Å². The number of piperidine rings is 1. The number of aryl methyl sites for hydroxylation is 1. The number of amides is 1. The van der Waals surface area contributed by atoms with Crippen LogP contribution in [0.1, 0.15) is 65.8 Å². The van der Waals surface area contributed by atoms with Crippen molar-refractivity contribution in [3.63, 3.8) is 0 Å². The third-order valence-electron chi connectivity index (χ3n) is 5.61. The Balaban J connectivity index is 1.73. The fourth-order valence-electron chi connectivity index (χ4n) is 4.03. The molecule has 1 N–H and O–H groups in total. The van der Waals surface area contributed by atoms with Gasteiger partial charge < -0.3 is 15.0 Å². The summed E-state index contributed by atoms with van der Waals surface area (Å²) in [6.07, 6.45) is 1.52. The Kier molecular flexibility index (Phi) is 7.73. The topological polar surface area (TPSA) is 72.3 Å². The van der Waals surface area contributed by atoms with Gasteiger partial charge in [0, 0.05) is 24.8 Å². The molecule has 1 saturated heterocycles. The van der Waals surface area contributed by atoms with Gasteiger partial charge in [0.1, 0.15) is 15.6 Å². The van der Waals surface area contributed by atoms with Crippen molar-refractivity contribution in [3.05, 3.63) is 33.3 Å². The van der Waals surface area contributed by atoms with Gasteiger partial charge in [0.2, 0.25) is 0 Å². The van der Waals surface area contributed by atoms with Crippen molar-refractivity contribution < 1.29 is 13.9 Å². The number of hydrogen-bond acceptors (Lipinski definition) is 5. The summed E-state index contributed by atoms with van der Waals surface area (Å²) in [5, 5.41) is 7.54. The number of rotatable bonds is 4. The second kappa shape index (κ2) is 9.90. The van der Waals surface area contributed by atoms with Gasteiger partial charge in [-0.1, -0.05) is 23.2 Å². The van der Waals surface area contributed by atoms with Crippen molar-refractivity contribution in [1.29, 1.82) is 0 Å². The SMILES string of the molecule is Cc1cc(Nc2nc(CC3CCN(C(=O)OC(C)(C)C)CC3)c(F)c(Cl)c2Cl)nn1C(C)(C)C. The van der Waals surface area contributed by atoms with E-state index in [1.54, 1.807) is 4.90 Å². The van der Waals surface area contributed by atoms with E-state index in [-0.39, 0.29) is 39.1 Å². The molecule has 0 radical (unpaired) electrons. The number of likely N-dealkylation sites (tertiary alicyclic amines) is 1. The third kappa shape index (κ3) is 6.33. The van der Waals surface area contributed by atoms with E-state index in [0.717, 1.165) is 18.5 Å². The number of hydrogen-bond donors (Lipinski definition) is 1. The van der Waals surface area contributed by atoms with Crippen molar-refractivity contribution in [3.8, 4) is 0 Å². The Labute approximate surface area is 211 Å². The Morgan fingerprint density at radius 2 is 1.79 bits per heavy atom. The van der Waals surface area contributed by atoms with E-state index >= 15 is 0 Å². The standard InChI is InChI=1S/C24H34Cl2FN5O2/c1-14-12-17(30-32(14)23(2,3)4)29-21-19(26)18(25)20(27)16(28-21)13-15-8-10-31(11-9-15)22(33)34-24(5,6)7/h12,15H,8-11,13H2,1-7H3,(H,28,29,30). The van der Waals surface area contributed by atoms with Crippen LogP contribution in [0.2, 0.25) is 10.0 Å². The molecule has 2 aromatic rings. The molecule has 0 aromatic carbocycles. The summed E-state index contributed by atoms with van der Waals surface area (Å²) in [4.78, 5) is 18.5. The summed E-state index contributed by atoms with van der Waals surface area (Å²) >= 11 is 12.5. The smallest absolute Gasteiger partial charge is 0.410 e. The molecule has 3 heterocycles. The summed E-state index contributed by atoms with van der Waals surface area (Å²) in [6, 6.07) is 1.88. The minimum Gasteiger partial charge on any atom is -0.444 e. The molecule has 10 heteroatoms. The van der Waals surface area contributed by atoms with Gasteiger partial charge in [0.15, 0.2) is 17.5 Å². The lowest BCUT2D eigenvalue weighted by Crippen LogP contribution is -2.42. The molecule has 0 bridgehead atoms. The van der Waals surface area contributed by atoms with Gasteiger partial charge in [0.25, 0.3) is 0 Å². The van der Waals surface area contributed by atoms with Crippen molar-refractivity contribution in [2.75, 3.05) is 18.4 Å². The number of pyridine rings is 1. The molecule has 1 amide bonds. The summed E-state index contributed by atoms with van der Waals surface area (Å²) in [7, 11) is 0. The van der Waals surface area contributed by atoms with E-state index in [0.29, 0.717) is 25.3 Å². The highest BCUT2D eigenvalue weighted by Gasteiger charge is 2.29. The number of nitrogens with zero attached hydrogens (tertiary/aromatic N) is 4. The van der Waals surface area contributed by atoms with Crippen LogP contribution < -0.4 is 5.32 Å². The number of anilines is 2. The van der Waals surface area contributed by atoms with Crippen LogP contribution in [-0.2, 0) is 16.7 Å². The van der Waals surface area contributed by atoms with Crippen LogP contribution in [-0.4, -0.2) is 44.4 Å². The van der Waals surface area contributed by atoms with Crippen LogP contribution in [0.4, 0.5) is 20.8 Å². The first-order chi connectivity index (χ1) is 15.7. The van der Waals surface area contributed by atoms with Crippen LogP contribution >= 0.6 is 23.2 Å². The molecule has 188 valence electrons. The van der Waals surface area contributed by atoms with Crippen molar-refractivity contribution in [2.24, 2.45) is 5.92 Å². The quantitative estimate of drug-likeness (QED) is 0.491. The molecule has 2 aromatic heterocycles. The molecule has 34 heavy (non-hydrogen) atoms. The van der Waals surface area contributed by atoms with E-state index in [2.05, 4.69) is 36.2 Å². The van der Waals surface area contributed by atoms with Gasteiger partial charge in [-0.3, -0.25) is 4.68 Å². The molecule has 1 fully saturated rings. The lowest BCUT2D eigenvalue weighted by atomic mass is 9.92. The van der Waals surface area contributed by atoms with Crippen LogP contribution in [0.3, 0.4) is 0 Å². The zero-order chi connectivity index (χ0) is 25.4. The summed E-state index contributed by atoms with van der Waals surface area (Å²) in [5.41, 5.74) is 0.489. The highest BCUT2D eigenvalue weighted by molar-refractivity contribution is 6.43. The predicted octanol–water partition coefficient (Wildman–Crippen LogP) is 6.72. The fourth-order valence-corrected chi connectivity index (χ4v) is 4.40. The van der Waals surface area contributed by atoms with Crippen molar-refractivity contribution in [1.82, 2.24) is 19.7 Å². The maximum absolute atomic E-state index is 14.9. The Morgan fingerprint density at radius 3 is 2.32 bits per heavy atom. The first kappa shape index (κ1) is 26.5. The molecular formula is C24H34Cl2FN5O2. The summed E-state index contributed by atoms with van der Waals surface area (Å²) in [5.74, 6) is 0.380. The van der Waals surface area contributed by atoms with Crippen LogP contribution in [0.15, 0.2) is 6.07 Å². The average Bonchev–Trinajstić information content (AvgIpc) is 3.10. The Morgan fingerprint density at radius 1 is 1.18 bits per heavy atom. The number of halogens is 3. The van der Waals surface area contributed by atoms with Crippen molar-refractivity contribution in [2.45, 2.75) is 78.9 Å². The monoisotopic (exact) mass is 513 g/mol. The molecule has 0 spiro atoms. The normalized spacial score (nSPS) is 15.5. The van der Waals surface area contributed by atoms with Gasteiger partial charge in [0.05, 0.1) is 11.2 Å². The zero-order valence-corrected chi connectivity index (χ0v) is 22.4. The molecule has 0 atom stereocenters. The number of ether oxygens (including phenoxy) is 1. The second-order valence-electron chi connectivity index (χ2n) is 10.8. The summed E-state index contributed by atoms with van der Waals surface area (Å²) in [6.45, 7) is 14.8. The highest BCUT2D eigenvalue weighted by Crippen LogP contribution is 2.35. The van der Waals surface area contributed by atoms with Gasteiger partial charge in [-0.05, 0) is 73.6 Å². The molecule has 1 aliphatic heterocycles. The lowest BCUT2D eigenvalue weighted by molar-refractivity contribution is 0.0183. The van der Waals surface area contributed by atoms with E-state index in [1.165, 1.54) is 0 Å². The average molecular weight is 514 g/mol. The van der Waals surface area contributed by atoms with Gasteiger partial charge in [-0.25, -0.2) is 14.2 Å². The zero-order valence-electron chi connectivity index (χ0n) is 20.9. The number of carbonyl (C=O) groups excluding carboxylic acids is 1. The van der Waals surface area contributed by atoms with Gasteiger partial charge in [-0.15, -0.1) is 0 Å². The molecule has 0 unspecified atom stereocenters. The second-order valence-corrected chi connectivity index (χ2v) is 11.6. The molecule has 0 aliphatic carbocycles. The largest absolute Gasteiger partial charge is 0.444 e. The Hall–Kier alpha value is -2.06. The van der Waals surface area contributed by atoms with Crippen LogP contribution in [0.25, 0.3) is 0 Å². The van der Waals surface area contributed by atoms with E-state index in [1.807, 2.05) is 38.4 Å². The Bertz CT molecular complexity index is 1050. The van der Waals surface area contributed by atoms with Gasteiger partial charge in [-0.2, -0.15) is 5.10 Å². The molecule has 3 rings (SSSR count). The molecular weight excluding hydrogens is 480 g/mol. The maximum Gasteiger partial charge on any atom is 0.410 e. The molecule has 0 saturated carbocycles. The maximum atomic E-state index is 14.9. The number of nitrogens with one attached hydrogen (secondary N) is 1. The summed E-state index contributed by atoms with van der Waals surface area (Å²) < 4.78 is 22.3. The predicted molar refractivity (Wildman–Crippen MR) is 134 cm³/mol. The van der Waals surface area contributed by atoms with Gasteiger partial charge >= 0.3 is 6.09 Å². The third-order valence-corrected chi connectivity index (χ3v) is 6.43. The lowest BCUT2D eigenvalue weighted by Gasteiger charge is -2.33. The number of aromatic nitrogens is 3. The fraction of sp³-hybridized carbons (Fsp3) is 0.625. The molecule has 7 nitrogen and oxygen atoms in total. The minimum absolute atomic E-state index is 0.0191.